The molecule has 3 nitrogen and oxygen atoms in total. The lowest BCUT2D eigenvalue weighted by atomic mass is 10.2. The van der Waals surface area contributed by atoms with Crippen molar-refractivity contribution >= 4 is 6.29 Å². The molecule has 0 aliphatic carbocycles. The fourth-order valence-electron chi connectivity index (χ4n) is 0.905. The molecular weight excluding hydrogens is 168 g/mol. The zero-order valence-electron chi connectivity index (χ0n) is 6.90. The summed E-state index contributed by atoms with van der Waals surface area (Å²) in [6.45, 7) is 0.646. The number of rotatable bonds is 3. The molecule has 0 atom stereocenters. The second kappa shape index (κ2) is 3.31. The molecule has 1 aliphatic rings. The van der Waals surface area contributed by atoms with Gasteiger partial charge < -0.3 is 9.47 Å². The predicted octanol–water partition coefficient (Wildman–Crippen LogP) is 1.75. The van der Waals surface area contributed by atoms with Gasteiger partial charge in [-0.3, -0.25) is 4.79 Å². The Morgan fingerprint density at radius 1 is 1.46 bits per heavy atom. The maximum Gasteiger partial charge on any atom is 0.169 e. The van der Waals surface area contributed by atoms with Crippen molar-refractivity contribution < 1.29 is 14.3 Å². The first kappa shape index (κ1) is 7.86. The monoisotopic (exact) mass is 176 g/mol. The summed E-state index contributed by atoms with van der Waals surface area (Å²) in [6, 6.07) is 6.95. The number of hydrogen-bond acceptors (Lipinski definition) is 3. The van der Waals surface area contributed by atoms with Crippen LogP contribution in [0.2, 0.25) is 0 Å². The Labute approximate surface area is 75.6 Å². The van der Waals surface area contributed by atoms with E-state index in [-0.39, 0.29) is 0 Å². The fraction of sp³-hybridized carbons (Fsp3) is 0.100. The van der Waals surface area contributed by atoms with Crippen LogP contribution in [0.5, 0.6) is 5.75 Å². The SMILES string of the molecule is O=Cc1cccc(OC=C2CO2)c1. The van der Waals surface area contributed by atoms with Crippen LogP contribution in [0.15, 0.2) is 36.3 Å². The van der Waals surface area contributed by atoms with E-state index in [1.165, 1.54) is 0 Å². The average Bonchev–Trinajstić information content (AvgIpc) is 2.99. The van der Waals surface area contributed by atoms with Gasteiger partial charge in [0.1, 0.15) is 24.9 Å². The van der Waals surface area contributed by atoms with Crippen LogP contribution in [-0.4, -0.2) is 12.9 Å². The second-order valence-corrected chi connectivity index (χ2v) is 2.68. The van der Waals surface area contributed by atoms with E-state index in [9.17, 15) is 4.79 Å². The Balaban J connectivity index is 2.10. The lowest BCUT2D eigenvalue weighted by molar-refractivity contribution is 0.112. The first-order valence-corrected chi connectivity index (χ1v) is 3.92. The van der Waals surface area contributed by atoms with Gasteiger partial charge in [0.25, 0.3) is 0 Å². The predicted molar refractivity (Wildman–Crippen MR) is 46.5 cm³/mol. The fourth-order valence-corrected chi connectivity index (χ4v) is 0.905. The molecule has 1 aromatic carbocycles. The lowest BCUT2D eigenvalue weighted by Gasteiger charge is -1.98. The third-order valence-electron chi connectivity index (χ3n) is 1.63. The molecule has 0 spiro atoms. The van der Waals surface area contributed by atoms with Crippen LogP contribution < -0.4 is 4.74 Å². The van der Waals surface area contributed by atoms with Gasteiger partial charge in [-0.2, -0.15) is 0 Å². The minimum Gasteiger partial charge on any atom is -0.483 e. The molecule has 13 heavy (non-hydrogen) atoms. The van der Waals surface area contributed by atoms with E-state index in [0.29, 0.717) is 17.9 Å². The molecule has 1 aromatic rings. The van der Waals surface area contributed by atoms with E-state index in [4.69, 9.17) is 9.47 Å². The number of ether oxygens (including phenoxy) is 2. The molecule has 0 N–H and O–H groups in total. The molecule has 0 unspecified atom stereocenters. The number of epoxide rings is 1. The summed E-state index contributed by atoms with van der Waals surface area (Å²) in [6.07, 6.45) is 2.33. The van der Waals surface area contributed by atoms with Gasteiger partial charge in [-0.1, -0.05) is 12.1 Å². The Bertz CT molecular complexity index is 349. The highest BCUT2D eigenvalue weighted by Crippen LogP contribution is 2.17. The van der Waals surface area contributed by atoms with Crippen molar-refractivity contribution in [2.75, 3.05) is 6.61 Å². The summed E-state index contributed by atoms with van der Waals surface area (Å²) in [5.41, 5.74) is 0.604. The van der Waals surface area contributed by atoms with Crippen LogP contribution >= 0.6 is 0 Å². The smallest absolute Gasteiger partial charge is 0.169 e. The first-order chi connectivity index (χ1) is 6.38. The summed E-state index contributed by atoms with van der Waals surface area (Å²) in [4.78, 5) is 10.4. The van der Waals surface area contributed by atoms with Crippen LogP contribution in [-0.2, 0) is 4.74 Å². The third kappa shape index (κ3) is 2.08. The highest BCUT2D eigenvalue weighted by atomic mass is 16.6. The molecule has 0 bridgehead atoms. The highest BCUT2D eigenvalue weighted by molar-refractivity contribution is 5.75. The van der Waals surface area contributed by atoms with Crippen molar-refractivity contribution in [2.24, 2.45) is 0 Å². The van der Waals surface area contributed by atoms with Crippen molar-refractivity contribution in [1.29, 1.82) is 0 Å². The van der Waals surface area contributed by atoms with Crippen molar-refractivity contribution in [3.63, 3.8) is 0 Å². The van der Waals surface area contributed by atoms with Gasteiger partial charge in [0.15, 0.2) is 5.76 Å². The summed E-state index contributed by atoms with van der Waals surface area (Å²) in [5.74, 6) is 1.48. The van der Waals surface area contributed by atoms with Gasteiger partial charge in [-0.05, 0) is 12.1 Å². The molecule has 1 aliphatic heterocycles. The van der Waals surface area contributed by atoms with Crippen LogP contribution in [0.25, 0.3) is 0 Å². The van der Waals surface area contributed by atoms with Crippen molar-refractivity contribution in [1.82, 2.24) is 0 Å². The molecule has 1 fully saturated rings. The summed E-state index contributed by atoms with van der Waals surface area (Å²) >= 11 is 0. The topological polar surface area (TPSA) is 38.8 Å². The molecule has 66 valence electrons. The van der Waals surface area contributed by atoms with E-state index >= 15 is 0 Å². The maximum atomic E-state index is 10.4. The minimum absolute atomic E-state index is 0.604. The summed E-state index contributed by atoms with van der Waals surface area (Å²) in [5, 5.41) is 0. The van der Waals surface area contributed by atoms with E-state index < -0.39 is 0 Å². The quantitative estimate of drug-likeness (QED) is 0.400. The van der Waals surface area contributed by atoms with Gasteiger partial charge >= 0.3 is 0 Å². The Kier molecular flexibility index (Phi) is 2.00. The van der Waals surface area contributed by atoms with Crippen LogP contribution in [0.1, 0.15) is 10.4 Å². The number of benzene rings is 1. The number of aldehydes is 1. The molecule has 0 aromatic heterocycles. The van der Waals surface area contributed by atoms with Gasteiger partial charge in [0.05, 0.1) is 0 Å². The lowest BCUT2D eigenvalue weighted by Crippen LogP contribution is -1.84. The minimum atomic E-state index is 0.604. The Morgan fingerprint density at radius 2 is 2.31 bits per heavy atom. The number of hydrogen-bond donors (Lipinski definition) is 0. The Morgan fingerprint density at radius 3 is 3.00 bits per heavy atom. The maximum absolute atomic E-state index is 10.4. The molecule has 1 saturated heterocycles. The van der Waals surface area contributed by atoms with Gasteiger partial charge in [0, 0.05) is 5.56 Å². The molecular formula is C10H8O3. The van der Waals surface area contributed by atoms with Gasteiger partial charge in [-0.25, -0.2) is 0 Å². The van der Waals surface area contributed by atoms with Crippen molar-refractivity contribution in [3.8, 4) is 5.75 Å². The van der Waals surface area contributed by atoms with E-state index in [1.54, 1.807) is 30.5 Å². The van der Waals surface area contributed by atoms with Crippen LogP contribution in [0, 0.1) is 0 Å². The summed E-state index contributed by atoms with van der Waals surface area (Å²) in [7, 11) is 0. The number of carbonyl (C=O) groups excluding carboxylic acids is 1. The zero-order chi connectivity index (χ0) is 9.10. The molecule has 0 radical (unpaired) electrons. The standard InChI is InChI=1S/C10H8O3/c11-5-8-2-1-3-9(4-8)12-6-10-7-13-10/h1-6H,7H2. The van der Waals surface area contributed by atoms with E-state index in [0.717, 1.165) is 12.0 Å². The van der Waals surface area contributed by atoms with Crippen molar-refractivity contribution in [3.05, 3.63) is 41.9 Å². The second-order valence-electron chi connectivity index (χ2n) is 2.68. The van der Waals surface area contributed by atoms with Gasteiger partial charge in [0.2, 0.25) is 0 Å². The average molecular weight is 176 g/mol. The van der Waals surface area contributed by atoms with Crippen molar-refractivity contribution in [2.45, 2.75) is 0 Å². The van der Waals surface area contributed by atoms with Gasteiger partial charge in [-0.15, -0.1) is 0 Å². The Hall–Kier alpha value is -1.77. The third-order valence-corrected chi connectivity index (χ3v) is 1.63. The van der Waals surface area contributed by atoms with E-state index in [2.05, 4.69) is 0 Å². The highest BCUT2D eigenvalue weighted by Gasteiger charge is 2.12. The first-order valence-electron chi connectivity index (χ1n) is 3.92. The van der Waals surface area contributed by atoms with E-state index in [1.807, 2.05) is 0 Å². The molecule has 0 saturated carbocycles. The molecule has 2 rings (SSSR count). The molecule has 1 heterocycles. The summed E-state index contributed by atoms with van der Waals surface area (Å²) < 4.78 is 10.1. The number of carbonyl (C=O) groups is 1. The molecule has 3 heteroatoms. The van der Waals surface area contributed by atoms with Crippen LogP contribution in [0.3, 0.4) is 0 Å². The zero-order valence-corrected chi connectivity index (χ0v) is 6.90. The van der Waals surface area contributed by atoms with Crippen LogP contribution in [0.4, 0.5) is 0 Å². The normalized spacial score (nSPS) is 16.5. The largest absolute Gasteiger partial charge is 0.483 e. The molecule has 0 amide bonds.